The number of rotatable bonds is 0. The summed E-state index contributed by atoms with van der Waals surface area (Å²) in [6.45, 7) is 0. The summed E-state index contributed by atoms with van der Waals surface area (Å²) >= 11 is 0. The summed E-state index contributed by atoms with van der Waals surface area (Å²) in [6, 6.07) is 0. The van der Waals surface area contributed by atoms with Gasteiger partial charge in [-0.15, -0.1) is 0 Å². The van der Waals surface area contributed by atoms with Gasteiger partial charge in [-0.05, 0) is 6.42 Å². The number of cyclic esters (lactones) is 2. The molecular weight excluding hydrogens is 156 g/mol. The second kappa shape index (κ2) is 4.28. The highest BCUT2D eigenvalue weighted by Gasteiger charge is 2.10. The van der Waals surface area contributed by atoms with Crippen LogP contribution in [-0.4, -0.2) is 11.9 Å². The molecule has 0 N–H and O–H groups in total. The fourth-order valence-electron chi connectivity index (χ4n) is 0.696. The van der Waals surface area contributed by atoms with E-state index in [-0.39, 0.29) is 0 Å². The average Bonchev–Trinajstić information content (AvgIpc) is 2.63. The first-order valence-electron chi connectivity index (χ1n) is 3.54. The molecule has 3 heteroatoms. The second-order valence-electron chi connectivity index (χ2n) is 2.17. The Bertz CT molecular complexity index is 245. The molecule has 0 unspecified atom stereocenters. The number of hydrogen-bond acceptors (Lipinski definition) is 3. The molecule has 0 aromatic carbocycles. The molecule has 1 aliphatic heterocycles. The van der Waals surface area contributed by atoms with Crippen LogP contribution in [0.5, 0.6) is 0 Å². The molecular formula is C9H8O3. The molecule has 0 saturated carbocycles. The number of hydrogen-bond donors (Lipinski definition) is 0. The van der Waals surface area contributed by atoms with Crippen LogP contribution in [0, 0.1) is 0 Å². The summed E-state index contributed by atoms with van der Waals surface area (Å²) in [5.41, 5.74) is 0. The van der Waals surface area contributed by atoms with Gasteiger partial charge >= 0.3 is 11.9 Å². The molecule has 0 aromatic heterocycles. The summed E-state index contributed by atoms with van der Waals surface area (Å²) in [5.74, 6) is -1.16. The molecule has 0 aromatic rings. The van der Waals surface area contributed by atoms with Gasteiger partial charge in [-0.1, -0.05) is 24.3 Å². The molecule has 12 heavy (non-hydrogen) atoms. The van der Waals surface area contributed by atoms with E-state index < -0.39 is 11.9 Å². The Morgan fingerprint density at radius 1 is 1.00 bits per heavy atom. The van der Waals surface area contributed by atoms with Gasteiger partial charge in [0, 0.05) is 12.2 Å². The summed E-state index contributed by atoms with van der Waals surface area (Å²) in [7, 11) is 0. The lowest BCUT2D eigenvalue weighted by Crippen LogP contribution is -1.96. The Labute approximate surface area is 70.0 Å². The van der Waals surface area contributed by atoms with E-state index in [4.69, 9.17) is 0 Å². The number of carbonyl (C=O) groups is 2. The highest BCUT2D eigenvalue weighted by Crippen LogP contribution is 1.93. The van der Waals surface area contributed by atoms with Crippen molar-refractivity contribution in [2.45, 2.75) is 6.42 Å². The molecule has 62 valence electrons. The normalized spacial score (nSPS) is 17.7. The van der Waals surface area contributed by atoms with Crippen molar-refractivity contribution >= 4 is 11.9 Å². The van der Waals surface area contributed by atoms with Gasteiger partial charge in [-0.2, -0.15) is 0 Å². The quantitative estimate of drug-likeness (QED) is 0.398. The van der Waals surface area contributed by atoms with E-state index in [1.165, 1.54) is 0 Å². The SMILES string of the molecule is C1=CCC=C1.O=C1C=CC(=O)O1. The average molecular weight is 164 g/mol. The Balaban J connectivity index is 0.000000127. The van der Waals surface area contributed by atoms with Crippen LogP contribution in [0.25, 0.3) is 0 Å². The monoisotopic (exact) mass is 164 g/mol. The van der Waals surface area contributed by atoms with E-state index in [2.05, 4.69) is 29.0 Å². The fraction of sp³-hybridized carbons (Fsp3) is 0.111. The smallest absolute Gasteiger partial charge is 0.338 e. The Morgan fingerprint density at radius 3 is 1.67 bits per heavy atom. The topological polar surface area (TPSA) is 43.4 Å². The van der Waals surface area contributed by atoms with E-state index in [0.29, 0.717) is 0 Å². The molecule has 0 fully saturated rings. The molecule has 0 radical (unpaired) electrons. The van der Waals surface area contributed by atoms with Gasteiger partial charge in [0.05, 0.1) is 0 Å². The molecule has 0 spiro atoms. The van der Waals surface area contributed by atoms with Crippen molar-refractivity contribution in [2.24, 2.45) is 0 Å². The van der Waals surface area contributed by atoms with Crippen LogP contribution in [0.2, 0.25) is 0 Å². The van der Waals surface area contributed by atoms with Crippen LogP contribution in [0.4, 0.5) is 0 Å². The van der Waals surface area contributed by atoms with E-state index in [9.17, 15) is 9.59 Å². The van der Waals surface area contributed by atoms with Crippen molar-refractivity contribution in [1.29, 1.82) is 0 Å². The van der Waals surface area contributed by atoms with Gasteiger partial charge in [-0.25, -0.2) is 9.59 Å². The number of carbonyl (C=O) groups excluding carboxylic acids is 2. The van der Waals surface area contributed by atoms with Crippen molar-refractivity contribution in [1.82, 2.24) is 0 Å². The van der Waals surface area contributed by atoms with Crippen LogP contribution in [0.3, 0.4) is 0 Å². The molecule has 1 aliphatic carbocycles. The Hall–Kier alpha value is -1.64. The van der Waals surface area contributed by atoms with Gasteiger partial charge in [0.25, 0.3) is 0 Å². The van der Waals surface area contributed by atoms with E-state index in [1.54, 1.807) is 0 Å². The summed E-state index contributed by atoms with van der Waals surface area (Å²) < 4.78 is 3.97. The minimum atomic E-state index is -0.579. The zero-order chi connectivity index (χ0) is 8.81. The standard InChI is InChI=1S/C5H6.C4H2O3/c1-2-4-5-3-1;5-3-1-2-4(6)7-3/h1-4H,5H2;1-2H. The van der Waals surface area contributed by atoms with E-state index in [1.807, 2.05) is 0 Å². The molecule has 3 nitrogen and oxygen atoms in total. The van der Waals surface area contributed by atoms with Gasteiger partial charge in [0.15, 0.2) is 0 Å². The van der Waals surface area contributed by atoms with Crippen molar-refractivity contribution in [3.05, 3.63) is 36.5 Å². The van der Waals surface area contributed by atoms with Crippen molar-refractivity contribution in [3.8, 4) is 0 Å². The fourth-order valence-corrected chi connectivity index (χ4v) is 0.696. The van der Waals surface area contributed by atoms with Crippen molar-refractivity contribution in [2.75, 3.05) is 0 Å². The Kier molecular flexibility index (Phi) is 3.02. The van der Waals surface area contributed by atoms with Crippen LogP contribution < -0.4 is 0 Å². The predicted molar refractivity (Wildman–Crippen MR) is 43.1 cm³/mol. The lowest BCUT2D eigenvalue weighted by molar-refractivity contribution is -0.150. The molecule has 2 rings (SSSR count). The third-order valence-electron chi connectivity index (χ3n) is 1.21. The van der Waals surface area contributed by atoms with Crippen LogP contribution in [-0.2, 0) is 14.3 Å². The van der Waals surface area contributed by atoms with Gasteiger partial charge < -0.3 is 4.74 Å². The van der Waals surface area contributed by atoms with E-state index >= 15 is 0 Å². The Morgan fingerprint density at radius 2 is 1.50 bits per heavy atom. The van der Waals surface area contributed by atoms with Crippen molar-refractivity contribution < 1.29 is 14.3 Å². The molecule has 2 aliphatic rings. The molecule has 0 bridgehead atoms. The first-order chi connectivity index (χ1) is 5.79. The molecule has 0 atom stereocenters. The second-order valence-corrected chi connectivity index (χ2v) is 2.17. The van der Waals surface area contributed by atoms with Gasteiger partial charge in [-0.3, -0.25) is 0 Å². The van der Waals surface area contributed by atoms with Crippen LogP contribution >= 0.6 is 0 Å². The van der Waals surface area contributed by atoms with Crippen LogP contribution in [0.1, 0.15) is 6.42 Å². The maximum atomic E-state index is 9.92. The molecule has 0 saturated heterocycles. The molecule has 1 heterocycles. The van der Waals surface area contributed by atoms with E-state index in [0.717, 1.165) is 18.6 Å². The lowest BCUT2D eigenvalue weighted by atomic mass is 10.5. The summed E-state index contributed by atoms with van der Waals surface area (Å²) in [5, 5.41) is 0. The maximum absolute atomic E-state index is 9.92. The van der Waals surface area contributed by atoms with Gasteiger partial charge in [0.2, 0.25) is 0 Å². The number of allylic oxidation sites excluding steroid dienone is 4. The third kappa shape index (κ3) is 2.96. The maximum Gasteiger partial charge on any atom is 0.338 e. The minimum absolute atomic E-state index is 0.579. The number of ether oxygens (including phenoxy) is 1. The zero-order valence-corrected chi connectivity index (χ0v) is 6.40. The molecule has 0 amide bonds. The summed E-state index contributed by atoms with van der Waals surface area (Å²) in [6.07, 6.45) is 11.7. The zero-order valence-electron chi connectivity index (χ0n) is 6.40. The minimum Gasteiger partial charge on any atom is -0.387 e. The highest BCUT2D eigenvalue weighted by molar-refractivity contribution is 6.04. The predicted octanol–water partition coefficient (Wildman–Crippen LogP) is 1.13. The number of esters is 2. The highest BCUT2D eigenvalue weighted by atomic mass is 16.6. The first-order valence-corrected chi connectivity index (χ1v) is 3.54. The summed E-state index contributed by atoms with van der Waals surface area (Å²) in [4.78, 5) is 19.8. The lowest BCUT2D eigenvalue weighted by Gasteiger charge is -1.80. The third-order valence-corrected chi connectivity index (χ3v) is 1.21. The van der Waals surface area contributed by atoms with Crippen molar-refractivity contribution in [3.63, 3.8) is 0 Å². The van der Waals surface area contributed by atoms with Gasteiger partial charge in [0.1, 0.15) is 0 Å². The first kappa shape index (κ1) is 8.46. The van der Waals surface area contributed by atoms with Crippen LogP contribution in [0.15, 0.2) is 36.5 Å². The largest absolute Gasteiger partial charge is 0.387 e.